The first-order valence-electron chi connectivity index (χ1n) is 4.85. The van der Waals surface area contributed by atoms with E-state index < -0.39 is 0 Å². The molecule has 0 aromatic heterocycles. The van der Waals surface area contributed by atoms with Crippen LogP contribution in [0, 0.1) is 5.41 Å². The second-order valence-corrected chi connectivity index (χ2v) is 5.76. The van der Waals surface area contributed by atoms with Crippen LogP contribution in [0.3, 0.4) is 0 Å². The summed E-state index contributed by atoms with van der Waals surface area (Å²) in [6.45, 7) is 4.38. The monoisotopic (exact) mass is 286 g/mol. The number of nitrogens with one attached hydrogen (secondary N) is 1. The molecule has 0 saturated carbocycles. The fraction of sp³-hybridized carbons (Fsp3) is 0.364. The molecule has 0 spiro atoms. The Bertz CT molecular complexity index is 366. The van der Waals surface area contributed by atoms with E-state index in [1.54, 1.807) is 0 Å². The van der Waals surface area contributed by atoms with Gasteiger partial charge in [-0.3, -0.25) is 5.41 Å². The predicted molar refractivity (Wildman–Crippen MR) is 70.8 cm³/mol. The van der Waals surface area contributed by atoms with Crippen molar-refractivity contribution in [3.63, 3.8) is 0 Å². The molecule has 0 radical (unpaired) electrons. The van der Waals surface area contributed by atoms with Crippen molar-refractivity contribution in [2.45, 2.75) is 30.4 Å². The van der Waals surface area contributed by atoms with Gasteiger partial charge in [-0.1, -0.05) is 13.8 Å². The van der Waals surface area contributed by atoms with Gasteiger partial charge in [-0.05, 0) is 40.5 Å². The van der Waals surface area contributed by atoms with Gasteiger partial charge in [0.05, 0.1) is 0 Å². The van der Waals surface area contributed by atoms with Crippen LogP contribution in [0.1, 0.15) is 25.8 Å². The fourth-order valence-electron chi connectivity index (χ4n) is 1.10. The zero-order valence-electron chi connectivity index (χ0n) is 8.88. The van der Waals surface area contributed by atoms with Crippen molar-refractivity contribution in [1.82, 2.24) is 0 Å². The lowest BCUT2D eigenvalue weighted by Crippen LogP contribution is -2.11. The largest absolute Gasteiger partial charge is 0.384 e. The molecule has 0 bridgehead atoms. The van der Waals surface area contributed by atoms with Gasteiger partial charge in [0, 0.05) is 20.2 Å². The Morgan fingerprint density at radius 3 is 2.73 bits per heavy atom. The molecule has 1 atom stereocenters. The minimum absolute atomic E-state index is 0.0990. The van der Waals surface area contributed by atoms with Crippen LogP contribution >= 0.6 is 27.7 Å². The van der Waals surface area contributed by atoms with Gasteiger partial charge < -0.3 is 5.73 Å². The maximum absolute atomic E-state index is 7.37. The van der Waals surface area contributed by atoms with Crippen LogP contribution in [0.2, 0.25) is 0 Å². The summed E-state index contributed by atoms with van der Waals surface area (Å²) < 4.78 is 0.892. The summed E-state index contributed by atoms with van der Waals surface area (Å²) in [6, 6.07) is 5.92. The lowest BCUT2D eigenvalue weighted by atomic mass is 10.2. The van der Waals surface area contributed by atoms with Crippen molar-refractivity contribution in [3.05, 3.63) is 28.2 Å². The van der Waals surface area contributed by atoms with E-state index in [-0.39, 0.29) is 5.84 Å². The normalized spacial score (nSPS) is 12.5. The molecule has 0 aliphatic carbocycles. The Morgan fingerprint density at radius 1 is 1.60 bits per heavy atom. The zero-order valence-corrected chi connectivity index (χ0v) is 11.3. The number of halogens is 1. The summed E-state index contributed by atoms with van der Waals surface area (Å²) in [7, 11) is 0. The number of thioether (sulfide) groups is 1. The van der Waals surface area contributed by atoms with Crippen LogP contribution in [-0.4, -0.2) is 11.1 Å². The molecule has 1 rings (SSSR count). The summed E-state index contributed by atoms with van der Waals surface area (Å²) in [5, 5.41) is 7.98. The van der Waals surface area contributed by atoms with Gasteiger partial charge in [-0.15, -0.1) is 11.8 Å². The van der Waals surface area contributed by atoms with Gasteiger partial charge in [0.25, 0.3) is 0 Å². The highest BCUT2D eigenvalue weighted by molar-refractivity contribution is 9.10. The Morgan fingerprint density at radius 2 is 2.27 bits per heavy atom. The maximum Gasteiger partial charge on any atom is 0.123 e. The maximum atomic E-state index is 7.37. The second kappa shape index (κ2) is 5.56. The fourth-order valence-corrected chi connectivity index (χ4v) is 2.81. The first-order valence-corrected chi connectivity index (χ1v) is 6.52. The van der Waals surface area contributed by atoms with Gasteiger partial charge in [0.1, 0.15) is 5.84 Å². The highest BCUT2D eigenvalue weighted by Gasteiger charge is 2.06. The summed E-state index contributed by atoms with van der Waals surface area (Å²) in [4.78, 5) is 1.21. The van der Waals surface area contributed by atoms with Crippen molar-refractivity contribution in [2.24, 2.45) is 5.73 Å². The predicted octanol–water partition coefficient (Wildman–Crippen LogP) is 3.62. The van der Waals surface area contributed by atoms with Gasteiger partial charge >= 0.3 is 0 Å². The van der Waals surface area contributed by atoms with Crippen LogP contribution in [0.4, 0.5) is 0 Å². The molecule has 0 fully saturated rings. The number of benzene rings is 1. The number of hydrogen-bond donors (Lipinski definition) is 2. The van der Waals surface area contributed by atoms with Gasteiger partial charge in [-0.25, -0.2) is 0 Å². The molecule has 2 nitrogen and oxygen atoms in total. The molecule has 1 aromatic carbocycles. The van der Waals surface area contributed by atoms with E-state index in [2.05, 4.69) is 29.8 Å². The number of amidine groups is 1. The summed E-state index contributed by atoms with van der Waals surface area (Å²) in [5.74, 6) is 0.0990. The number of rotatable bonds is 4. The zero-order chi connectivity index (χ0) is 11.4. The van der Waals surface area contributed by atoms with E-state index in [0.29, 0.717) is 5.25 Å². The van der Waals surface area contributed by atoms with Crippen molar-refractivity contribution in [3.8, 4) is 0 Å². The first kappa shape index (κ1) is 12.6. The summed E-state index contributed by atoms with van der Waals surface area (Å²) >= 11 is 5.26. The molecule has 1 aromatic rings. The topological polar surface area (TPSA) is 49.9 Å². The summed E-state index contributed by atoms with van der Waals surface area (Å²) in [6.07, 6.45) is 1.15. The Kier molecular flexibility index (Phi) is 4.67. The third-order valence-corrected chi connectivity index (χ3v) is 4.06. The van der Waals surface area contributed by atoms with Crippen LogP contribution in [0.5, 0.6) is 0 Å². The quantitative estimate of drug-likeness (QED) is 0.505. The molecule has 0 amide bonds. The van der Waals surface area contributed by atoms with Crippen LogP contribution in [0.15, 0.2) is 27.6 Å². The molecule has 82 valence electrons. The van der Waals surface area contributed by atoms with Crippen LogP contribution < -0.4 is 5.73 Å². The standard InChI is InChI=1S/C11H15BrN2S/c1-3-7(2)15-8-4-5-9(11(13)14)10(12)6-8/h4-7H,3H2,1-2H3,(H3,13,14). The highest BCUT2D eigenvalue weighted by Crippen LogP contribution is 2.29. The first-order chi connectivity index (χ1) is 7.04. The SMILES string of the molecule is CCC(C)Sc1ccc(C(=N)N)c(Br)c1. The smallest absolute Gasteiger partial charge is 0.123 e. The number of hydrogen-bond acceptors (Lipinski definition) is 2. The molecule has 0 aliphatic rings. The van der Waals surface area contributed by atoms with Gasteiger partial charge in [0.2, 0.25) is 0 Å². The van der Waals surface area contributed by atoms with E-state index in [4.69, 9.17) is 11.1 Å². The van der Waals surface area contributed by atoms with Crippen molar-refractivity contribution >= 4 is 33.5 Å². The lowest BCUT2D eigenvalue weighted by Gasteiger charge is -2.09. The lowest BCUT2D eigenvalue weighted by molar-refractivity contribution is 0.905. The molecule has 0 saturated heterocycles. The van der Waals surface area contributed by atoms with Gasteiger partial charge in [0.15, 0.2) is 0 Å². The third kappa shape index (κ3) is 3.54. The Balaban J connectivity index is 2.87. The van der Waals surface area contributed by atoms with E-state index in [0.717, 1.165) is 16.5 Å². The minimum Gasteiger partial charge on any atom is -0.384 e. The average molecular weight is 287 g/mol. The molecular weight excluding hydrogens is 272 g/mol. The minimum atomic E-state index is 0.0990. The van der Waals surface area contributed by atoms with E-state index >= 15 is 0 Å². The van der Waals surface area contributed by atoms with Gasteiger partial charge in [-0.2, -0.15) is 0 Å². The molecule has 0 heterocycles. The molecule has 1 unspecified atom stereocenters. The second-order valence-electron chi connectivity index (χ2n) is 3.39. The molecule has 0 aliphatic heterocycles. The average Bonchev–Trinajstić information content (AvgIpc) is 2.17. The Labute approximate surface area is 103 Å². The highest BCUT2D eigenvalue weighted by atomic mass is 79.9. The van der Waals surface area contributed by atoms with E-state index in [9.17, 15) is 0 Å². The number of nitrogens with two attached hydrogens (primary N) is 1. The van der Waals surface area contributed by atoms with Crippen molar-refractivity contribution in [1.29, 1.82) is 5.41 Å². The van der Waals surface area contributed by atoms with E-state index in [1.165, 1.54) is 4.90 Å². The molecule has 4 heteroatoms. The van der Waals surface area contributed by atoms with Crippen molar-refractivity contribution < 1.29 is 0 Å². The third-order valence-electron chi connectivity index (χ3n) is 2.14. The Hall–Kier alpha value is -0.480. The van der Waals surface area contributed by atoms with Crippen LogP contribution in [0.25, 0.3) is 0 Å². The summed E-state index contributed by atoms with van der Waals surface area (Å²) in [5.41, 5.74) is 6.19. The van der Waals surface area contributed by atoms with Crippen LogP contribution in [-0.2, 0) is 0 Å². The number of nitrogen functional groups attached to an aromatic ring is 1. The molecule has 3 N–H and O–H groups in total. The molecular formula is C11H15BrN2S. The van der Waals surface area contributed by atoms with E-state index in [1.807, 2.05) is 30.0 Å². The molecule has 15 heavy (non-hydrogen) atoms. The van der Waals surface area contributed by atoms with Crippen molar-refractivity contribution in [2.75, 3.05) is 0 Å².